The number of nitrogens with one attached hydrogen (secondary N) is 2. The van der Waals surface area contributed by atoms with Gasteiger partial charge in [0, 0.05) is 0 Å². The summed E-state index contributed by atoms with van der Waals surface area (Å²) in [7, 11) is -1.02. The number of rotatable bonds is 2. The Balaban J connectivity index is 4.90. The van der Waals surface area contributed by atoms with E-state index in [1.807, 2.05) is 6.92 Å². The number of halogens is 4. The fourth-order valence-electron chi connectivity index (χ4n) is 0.760. The third-order valence-electron chi connectivity index (χ3n) is 1.29. The van der Waals surface area contributed by atoms with Crippen molar-refractivity contribution < 1.29 is 33.0 Å². The van der Waals surface area contributed by atoms with Gasteiger partial charge in [-0.05, 0) is 0 Å². The van der Waals surface area contributed by atoms with Crippen molar-refractivity contribution in [2.24, 2.45) is 0 Å². The van der Waals surface area contributed by atoms with E-state index in [9.17, 15) is 13.2 Å². The first-order valence-corrected chi connectivity index (χ1v) is 9.74. The maximum absolute atomic E-state index is 12.2. The molecular formula is C7H13F3IN2S-. The Hall–Kier alpha value is 0.370. The van der Waals surface area contributed by atoms with Gasteiger partial charge in [-0.25, -0.2) is 0 Å². The molecule has 0 aliphatic heterocycles. The maximum atomic E-state index is 12.2. The van der Waals surface area contributed by atoms with Gasteiger partial charge in [-0.15, -0.1) is 0 Å². The summed E-state index contributed by atoms with van der Waals surface area (Å²) in [4.78, 5) is 2.36. The van der Waals surface area contributed by atoms with Gasteiger partial charge >= 0.3 is 92.9 Å². The molecule has 0 aromatic carbocycles. The summed E-state index contributed by atoms with van der Waals surface area (Å²) in [6, 6.07) is 0. The number of alkyl halides is 4. The van der Waals surface area contributed by atoms with Crippen LogP contribution in [-0.2, 0) is 0 Å². The molecule has 0 amide bonds. The molecule has 86 valence electrons. The Morgan fingerprint density at radius 1 is 1.50 bits per heavy atom. The van der Waals surface area contributed by atoms with Gasteiger partial charge in [0.25, 0.3) is 0 Å². The third-order valence-corrected chi connectivity index (χ3v) is 8.81. The molecule has 0 bridgehead atoms. The summed E-state index contributed by atoms with van der Waals surface area (Å²) in [6.45, 7) is 4.07. The van der Waals surface area contributed by atoms with E-state index in [1.54, 1.807) is 11.9 Å². The van der Waals surface area contributed by atoms with Crippen molar-refractivity contribution in [3.05, 3.63) is 0 Å². The van der Waals surface area contributed by atoms with E-state index in [1.165, 1.54) is 0 Å². The molecule has 2 nitrogen and oxygen atoms in total. The molecule has 14 heavy (non-hydrogen) atoms. The quantitative estimate of drug-likeness (QED) is 0.223. The number of hydrogen-bond acceptors (Lipinski definition) is 1. The Kier molecular flexibility index (Phi) is 6.22. The van der Waals surface area contributed by atoms with Crippen LogP contribution in [0.1, 0.15) is 13.8 Å². The summed E-state index contributed by atoms with van der Waals surface area (Å²) in [5.41, 5.74) is 0. The van der Waals surface area contributed by atoms with Gasteiger partial charge in [0.05, 0.1) is 0 Å². The van der Waals surface area contributed by atoms with Gasteiger partial charge in [-0.2, -0.15) is 0 Å². The summed E-state index contributed by atoms with van der Waals surface area (Å²) in [5.74, 6) is 0. The van der Waals surface area contributed by atoms with Crippen LogP contribution in [0, 0.1) is 5.41 Å². The first-order valence-electron chi connectivity index (χ1n) is 3.82. The van der Waals surface area contributed by atoms with Crippen molar-refractivity contribution in [2.45, 2.75) is 20.0 Å². The van der Waals surface area contributed by atoms with Crippen LogP contribution in [0.2, 0.25) is 0 Å². The first-order chi connectivity index (χ1) is 6.34. The van der Waals surface area contributed by atoms with Gasteiger partial charge in [0.15, 0.2) is 0 Å². The molecule has 0 aromatic heterocycles. The molecule has 1 unspecified atom stereocenters. The predicted octanol–water partition coefficient (Wildman–Crippen LogP) is -0.812. The minimum atomic E-state index is -4.48. The normalized spacial score (nSPS) is 15.4. The van der Waals surface area contributed by atoms with Crippen molar-refractivity contribution in [3.63, 3.8) is 0 Å². The van der Waals surface area contributed by atoms with E-state index >= 15 is 0 Å². The standard InChI is InChI=1S/C7H13F3IN2S/c1-4-13-5(2)14(11-3)6(12)7(8,9)10/h12-13H,4H2,1-3H3/q-1. The van der Waals surface area contributed by atoms with Crippen molar-refractivity contribution in [2.75, 3.05) is 11.5 Å². The first kappa shape index (κ1) is 14.4. The molecule has 2 N–H and O–H groups in total. The molecule has 1 atom stereocenters. The van der Waals surface area contributed by atoms with E-state index in [-0.39, 0.29) is 0 Å². The van der Waals surface area contributed by atoms with Crippen molar-refractivity contribution in [1.82, 2.24) is 5.32 Å². The monoisotopic (exact) mass is 341 g/mol. The second kappa shape index (κ2) is 6.06. The van der Waals surface area contributed by atoms with Crippen LogP contribution in [0.15, 0.2) is 0 Å². The molecule has 0 radical (unpaired) electrons. The molecular weight excluding hydrogens is 328 g/mol. The van der Waals surface area contributed by atoms with Crippen molar-refractivity contribution in [3.8, 4) is 0 Å². The van der Waals surface area contributed by atoms with Gasteiger partial charge in [-0.3, -0.25) is 0 Å². The molecule has 0 aliphatic carbocycles. The van der Waals surface area contributed by atoms with E-state index in [2.05, 4.69) is 5.32 Å². The van der Waals surface area contributed by atoms with Crippen LogP contribution in [0.4, 0.5) is 13.2 Å². The average molecular weight is 341 g/mol. The molecule has 0 rings (SSSR count). The zero-order valence-corrected chi connectivity index (χ0v) is 11.1. The van der Waals surface area contributed by atoms with Crippen LogP contribution in [0.5, 0.6) is 0 Å². The summed E-state index contributed by atoms with van der Waals surface area (Å²) < 4.78 is 36.7. The Labute approximate surface area is 92.8 Å². The molecule has 0 aliphatic rings. The summed E-state index contributed by atoms with van der Waals surface area (Å²) in [5, 5.41) is 8.83. The zero-order chi connectivity index (χ0) is 11.4. The average Bonchev–Trinajstić information content (AvgIpc) is 2.04. The van der Waals surface area contributed by atoms with E-state index in [0.29, 0.717) is 11.5 Å². The second-order valence-electron chi connectivity index (χ2n) is 2.32. The molecule has 7 heteroatoms. The fourth-order valence-corrected chi connectivity index (χ4v) is 6.45. The number of hydrogen-bond donors (Lipinski definition) is 2. The molecule has 0 spiro atoms. The topological polar surface area (TPSA) is 35.9 Å². The van der Waals surface area contributed by atoms with Crippen LogP contribution >= 0.6 is 7.66 Å². The van der Waals surface area contributed by atoms with Crippen LogP contribution < -0.4 is 25.1 Å². The van der Waals surface area contributed by atoms with Gasteiger partial charge in [0.2, 0.25) is 0 Å². The van der Waals surface area contributed by atoms with Crippen molar-refractivity contribution >= 4 is 17.7 Å². The van der Waals surface area contributed by atoms with Crippen LogP contribution in [-0.4, -0.2) is 27.7 Å². The molecule has 0 fully saturated rings. The SMILES string of the molecule is CCN/C(C)=S(\[I-]C)C(=N)C(F)(F)F. The van der Waals surface area contributed by atoms with E-state index < -0.39 is 38.7 Å². The van der Waals surface area contributed by atoms with E-state index in [0.717, 1.165) is 0 Å². The molecule has 0 saturated carbocycles. The molecule has 0 heterocycles. The van der Waals surface area contributed by atoms with Crippen LogP contribution in [0.3, 0.4) is 0 Å². The Morgan fingerprint density at radius 3 is 2.29 bits per heavy atom. The van der Waals surface area contributed by atoms with E-state index in [4.69, 9.17) is 5.41 Å². The molecule has 0 saturated heterocycles. The van der Waals surface area contributed by atoms with Gasteiger partial charge < -0.3 is 0 Å². The van der Waals surface area contributed by atoms with Gasteiger partial charge in [0.1, 0.15) is 0 Å². The summed E-state index contributed by atoms with van der Waals surface area (Å²) in [6.07, 6.45) is -4.48. The van der Waals surface area contributed by atoms with Gasteiger partial charge in [-0.1, -0.05) is 0 Å². The second-order valence-corrected chi connectivity index (χ2v) is 9.45. The minimum absolute atomic E-state index is 0.588. The molecule has 0 aromatic rings. The fraction of sp³-hybridized carbons (Fsp3) is 0.714. The predicted molar refractivity (Wildman–Crippen MR) is 51.7 cm³/mol. The zero-order valence-electron chi connectivity index (χ0n) is 8.13. The summed E-state index contributed by atoms with van der Waals surface area (Å²) >= 11 is -0.634. The Bertz CT molecular complexity index is 250. The third kappa shape index (κ3) is 4.26. The van der Waals surface area contributed by atoms with Crippen LogP contribution in [0.25, 0.3) is 0 Å². The Morgan fingerprint density at radius 2 is 2.00 bits per heavy atom. The van der Waals surface area contributed by atoms with Crippen molar-refractivity contribution in [1.29, 1.82) is 5.41 Å².